The van der Waals surface area contributed by atoms with E-state index in [0.29, 0.717) is 5.92 Å². The van der Waals surface area contributed by atoms with Crippen LogP contribution in [0.25, 0.3) is 0 Å². The first-order valence-electron chi connectivity index (χ1n) is 4.79. The molecule has 0 aromatic carbocycles. The SMILES string of the molecule is CC(=O)N1CC/C=C\C=C/C(C)C1. The molecule has 0 saturated carbocycles. The van der Waals surface area contributed by atoms with Crippen molar-refractivity contribution < 1.29 is 4.79 Å². The standard InChI is InChI=1S/C11H17NO/c1-10-7-5-3-4-6-8-12(9-10)11(2)13/h3-5,7,10H,6,8-9H2,1-2H3/b4-3-,7-5-. The molecule has 1 heterocycles. The molecule has 0 spiro atoms. The van der Waals surface area contributed by atoms with Crippen LogP contribution in [0.5, 0.6) is 0 Å². The lowest BCUT2D eigenvalue weighted by atomic mass is 10.1. The van der Waals surface area contributed by atoms with E-state index in [2.05, 4.69) is 31.2 Å². The summed E-state index contributed by atoms with van der Waals surface area (Å²) in [6.07, 6.45) is 9.31. The van der Waals surface area contributed by atoms with E-state index in [1.54, 1.807) is 6.92 Å². The molecule has 13 heavy (non-hydrogen) atoms. The van der Waals surface area contributed by atoms with Gasteiger partial charge in [-0.25, -0.2) is 0 Å². The number of nitrogens with zero attached hydrogens (tertiary/aromatic N) is 1. The van der Waals surface area contributed by atoms with Crippen molar-refractivity contribution in [3.05, 3.63) is 24.3 Å². The fraction of sp³-hybridized carbons (Fsp3) is 0.545. The summed E-state index contributed by atoms with van der Waals surface area (Å²) in [6, 6.07) is 0. The number of hydrogen-bond acceptors (Lipinski definition) is 1. The van der Waals surface area contributed by atoms with Crippen LogP contribution in [-0.4, -0.2) is 23.9 Å². The highest BCUT2D eigenvalue weighted by Crippen LogP contribution is 2.06. The molecular formula is C11H17NO. The largest absolute Gasteiger partial charge is 0.342 e. The van der Waals surface area contributed by atoms with Crippen LogP contribution in [0, 0.1) is 5.92 Å². The van der Waals surface area contributed by atoms with Gasteiger partial charge in [-0.2, -0.15) is 0 Å². The lowest BCUT2D eigenvalue weighted by Crippen LogP contribution is -2.33. The topological polar surface area (TPSA) is 20.3 Å². The van der Waals surface area contributed by atoms with Crippen molar-refractivity contribution in [1.29, 1.82) is 0 Å². The van der Waals surface area contributed by atoms with Gasteiger partial charge in [-0.15, -0.1) is 0 Å². The molecule has 0 aliphatic carbocycles. The van der Waals surface area contributed by atoms with Crippen molar-refractivity contribution in [3.8, 4) is 0 Å². The van der Waals surface area contributed by atoms with Crippen molar-refractivity contribution in [1.82, 2.24) is 4.90 Å². The van der Waals surface area contributed by atoms with Crippen molar-refractivity contribution in [3.63, 3.8) is 0 Å². The average Bonchev–Trinajstić information content (AvgIpc) is 2.16. The third-order valence-electron chi connectivity index (χ3n) is 2.21. The highest BCUT2D eigenvalue weighted by Gasteiger charge is 2.10. The summed E-state index contributed by atoms with van der Waals surface area (Å²) in [4.78, 5) is 13.1. The molecule has 0 aromatic heterocycles. The maximum atomic E-state index is 11.2. The Balaban J connectivity index is 2.62. The number of carbonyl (C=O) groups is 1. The molecule has 0 saturated heterocycles. The summed E-state index contributed by atoms with van der Waals surface area (Å²) in [7, 11) is 0. The normalized spacial score (nSPS) is 28.5. The molecular weight excluding hydrogens is 162 g/mol. The van der Waals surface area contributed by atoms with Crippen molar-refractivity contribution in [2.45, 2.75) is 20.3 Å². The van der Waals surface area contributed by atoms with Gasteiger partial charge in [0.15, 0.2) is 0 Å². The van der Waals surface area contributed by atoms with Gasteiger partial charge in [-0.3, -0.25) is 4.79 Å². The van der Waals surface area contributed by atoms with Gasteiger partial charge in [-0.05, 0) is 12.3 Å². The predicted octanol–water partition coefficient (Wildman–Crippen LogP) is 1.99. The molecule has 72 valence electrons. The molecule has 1 rings (SSSR count). The fourth-order valence-electron chi connectivity index (χ4n) is 1.44. The Kier molecular flexibility index (Phi) is 3.74. The zero-order valence-corrected chi connectivity index (χ0v) is 8.36. The van der Waals surface area contributed by atoms with Gasteiger partial charge in [0, 0.05) is 20.0 Å². The Morgan fingerprint density at radius 3 is 2.92 bits per heavy atom. The third-order valence-corrected chi connectivity index (χ3v) is 2.21. The second-order valence-corrected chi connectivity index (χ2v) is 3.54. The molecule has 0 aromatic rings. The highest BCUT2D eigenvalue weighted by atomic mass is 16.2. The Morgan fingerprint density at radius 2 is 2.23 bits per heavy atom. The molecule has 0 bridgehead atoms. The van der Waals surface area contributed by atoms with Crippen LogP contribution in [0.15, 0.2) is 24.3 Å². The first-order chi connectivity index (χ1) is 6.20. The van der Waals surface area contributed by atoms with Gasteiger partial charge in [0.1, 0.15) is 0 Å². The Morgan fingerprint density at radius 1 is 1.46 bits per heavy atom. The monoisotopic (exact) mass is 179 g/mol. The van der Waals surface area contributed by atoms with Crippen molar-refractivity contribution in [2.24, 2.45) is 5.92 Å². The van der Waals surface area contributed by atoms with Crippen LogP contribution in [0.1, 0.15) is 20.3 Å². The van der Waals surface area contributed by atoms with E-state index in [4.69, 9.17) is 0 Å². The molecule has 2 heteroatoms. The van der Waals surface area contributed by atoms with Gasteiger partial charge in [-0.1, -0.05) is 31.2 Å². The number of amides is 1. The molecule has 1 unspecified atom stereocenters. The van der Waals surface area contributed by atoms with Crippen LogP contribution in [0.4, 0.5) is 0 Å². The van der Waals surface area contributed by atoms with E-state index in [0.717, 1.165) is 19.5 Å². The molecule has 1 atom stereocenters. The summed E-state index contributed by atoms with van der Waals surface area (Å²) in [5.41, 5.74) is 0. The minimum Gasteiger partial charge on any atom is -0.342 e. The molecule has 1 aliphatic rings. The number of hydrogen-bond donors (Lipinski definition) is 0. The summed E-state index contributed by atoms with van der Waals surface area (Å²) in [6.45, 7) is 5.45. The number of allylic oxidation sites excluding steroid dienone is 2. The van der Waals surface area contributed by atoms with Crippen LogP contribution in [0.2, 0.25) is 0 Å². The van der Waals surface area contributed by atoms with Gasteiger partial charge >= 0.3 is 0 Å². The summed E-state index contributed by atoms with van der Waals surface area (Å²) >= 11 is 0. The molecule has 0 fully saturated rings. The predicted molar refractivity (Wildman–Crippen MR) is 54.3 cm³/mol. The molecule has 2 nitrogen and oxygen atoms in total. The quantitative estimate of drug-likeness (QED) is 0.557. The van der Waals surface area contributed by atoms with E-state index < -0.39 is 0 Å². The van der Waals surface area contributed by atoms with E-state index in [9.17, 15) is 4.79 Å². The van der Waals surface area contributed by atoms with Crippen LogP contribution in [-0.2, 0) is 4.79 Å². The fourth-order valence-corrected chi connectivity index (χ4v) is 1.44. The number of rotatable bonds is 0. The Labute approximate surface area is 79.9 Å². The van der Waals surface area contributed by atoms with Crippen LogP contribution >= 0.6 is 0 Å². The van der Waals surface area contributed by atoms with Gasteiger partial charge < -0.3 is 4.90 Å². The maximum absolute atomic E-state index is 11.2. The highest BCUT2D eigenvalue weighted by molar-refractivity contribution is 5.73. The molecule has 1 amide bonds. The molecule has 0 radical (unpaired) electrons. The smallest absolute Gasteiger partial charge is 0.219 e. The lowest BCUT2D eigenvalue weighted by Gasteiger charge is -2.22. The van der Waals surface area contributed by atoms with E-state index >= 15 is 0 Å². The van der Waals surface area contributed by atoms with Crippen LogP contribution < -0.4 is 0 Å². The van der Waals surface area contributed by atoms with Crippen molar-refractivity contribution in [2.75, 3.05) is 13.1 Å². The summed E-state index contributed by atoms with van der Waals surface area (Å²) < 4.78 is 0. The van der Waals surface area contributed by atoms with Crippen LogP contribution in [0.3, 0.4) is 0 Å². The summed E-state index contributed by atoms with van der Waals surface area (Å²) in [5.74, 6) is 0.627. The lowest BCUT2D eigenvalue weighted by molar-refractivity contribution is -0.129. The second kappa shape index (κ2) is 4.85. The van der Waals surface area contributed by atoms with Crippen molar-refractivity contribution >= 4 is 5.91 Å². The van der Waals surface area contributed by atoms with Gasteiger partial charge in [0.2, 0.25) is 5.91 Å². The van der Waals surface area contributed by atoms with E-state index in [-0.39, 0.29) is 5.91 Å². The second-order valence-electron chi connectivity index (χ2n) is 3.54. The van der Waals surface area contributed by atoms with Gasteiger partial charge in [0.25, 0.3) is 0 Å². The Bertz CT molecular complexity index is 230. The molecule has 1 aliphatic heterocycles. The molecule has 0 N–H and O–H groups in total. The first-order valence-corrected chi connectivity index (χ1v) is 4.79. The van der Waals surface area contributed by atoms with Gasteiger partial charge in [0.05, 0.1) is 0 Å². The zero-order valence-electron chi connectivity index (χ0n) is 8.36. The van der Waals surface area contributed by atoms with E-state index in [1.807, 2.05) is 4.90 Å². The van der Waals surface area contributed by atoms with E-state index in [1.165, 1.54) is 0 Å². The Hall–Kier alpha value is -1.05. The minimum absolute atomic E-state index is 0.176. The minimum atomic E-state index is 0.176. The zero-order chi connectivity index (χ0) is 9.68. The number of carbonyl (C=O) groups excluding carboxylic acids is 1. The summed E-state index contributed by atoms with van der Waals surface area (Å²) in [5, 5.41) is 0. The first kappa shape index (κ1) is 10.0. The average molecular weight is 179 g/mol. The third kappa shape index (κ3) is 3.45. The maximum Gasteiger partial charge on any atom is 0.219 e.